The van der Waals surface area contributed by atoms with Gasteiger partial charge in [-0.1, -0.05) is 13.8 Å². The predicted molar refractivity (Wildman–Crippen MR) is 104 cm³/mol. The molecule has 2 atom stereocenters. The minimum atomic E-state index is 0.862. The molecule has 0 N–H and O–H groups in total. The Morgan fingerprint density at radius 3 is 2.04 bits per heavy atom. The topological polar surface area (TPSA) is 16.2 Å². The average Bonchev–Trinajstić information content (AvgIpc) is 3.02. The molecule has 2 unspecified atom stereocenters. The van der Waals surface area contributed by atoms with Crippen molar-refractivity contribution in [1.29, 1.82) is 0 Å². The van der Waals surface area contributed by atoms with Crippen molar-refractivity contribution in [2.24, 2.45) is 11.8 Å². The van der Waals surface area contributed by atoms with E-state index in [1.807, 2.05) is 0 Å². The molecule has 0 aromatic rings. The fraction of sp³-hybridized carbons (Fsp3) is 0.950. The van der Waals surface area contributed by atoms with Crippen molar-refractivity contribution in [3.63, 3.8) is 0 Å². The van der Waals surface area contributed by atoms with Crippen LogP contribution in [0.2, 0.25) is 0 Å². The Bertz CT molecular complexity index is 372. The number of rotatable bonds is 7. The van der Waals surface area contributed by atoms with Gasteiger partial charge in [-0.3, -0.25) is 9.80 Å². The first-order valence-electron chi connectivity index (χ1n) is 10.5. The van der Waals surface area contributed by atoms with Gasteiger partial charge in [0.1, 0.15) is 6.67 Å². The number of hydrogen-bond donors (Lipinski definition) is 0. The Balaban J connectivity index is 1.26. The van der Waals surface area contributed by atoms with Crippen LogP contribution in [0.1, 0.15) is 26.7 Å². The minimum Gasteiger partial charge on any atom is -0.304 e. The van der Waals surface area contributed by atoms with Crippen molar-refractivity contribution in [2.45, 2.75) is 26.7 Å². The van der Waals surface area contributed by atoms with Crippen LogP contribution in [-0.2, 0) is 0 Å². The van der Waals surface area contributed by atoms with Gasteiger partial charge < -0.3 is 14.7 Å². The number of piperazine rings is 1. The van der Waals surface area contributed by atoms with Gasteiger partial charge in [0.15, 0.2) is 0 Å². The Labute approximate surface area is 155 Å². The van der Waals surface area contributed by atoms with Gasteiger partial charge >= 0.3 is 0 Å². The molecule has 25 heavy (non-hydrogen) atoms. The number of likely N-dealkylation sites (tertiary alicyclic amines) is 1. The second-order valence-electron chi connectivity index (χ2n) is 8.78. The van der Waals surface area contributed by atoms with E-state index in [4.69, 9.17) is 0 Å². The second kappa shape index (κ2) is 9.65. The summed E-state index contributed by atoms with van der Waals surface area (Å²) in [5.74, 6) is 1.72. The molecule has 0 saturated carbocycles. The van der Waals surface area contributed by atoms with E-state index >= 15 is 0 Å². The van der Waals surface area contributed by atoms with E-state index in [0.717, 1.165) is 31.5 Å². The molecular formula is C20H39N5. The van der Waals surface area contributed by atoms with E-state index in [-0.39, 0.29) is 0 Å². The van der Waals surface area contributed by atoms with Crippen LogP contribution in [0, 0.1) is 18.5 Å². The Kier molecular flexibility index (Phi) is 7.55. The smallest absolute Gasteiger partial charge is 0.146 e. The first kappa shape index (κ1) is 19.6. The lowest BCUT2D eigenvalue weighted by Crippen LogP contribution is -2.45. The maximum Gasteiger partial charge on any atom is 0.146 e. The van der Waals surface area contributed by atoms with Crippen LogP contribution >= 0.6 is 0 Å². The zero-order chi connectivity index (χ0) is 17.6. The van der Waals surface area contributed by atoms with Crippen LogP contribution in [0.15, 0.2) is 0 Å². The maximum absolute atomic E-state index is 3.61. The van der Waals surface area contributed by atoms with E-state index in [1.165, 1.54) is 71.7 Å². The summed E-state index contributed by atoms with van der Waals surface area (Å²) in [7, 11) is 2.23. The van der Waals surface area contributed by atoms with E-state index < -0.39 is 0 Å². The largest absolute Gasteiger partial charge is 0.304 e. The summed E-state index contributed by atoms with van der Waals surface area (Å²) in [5, 5.41) is 0. The number of hydrogen-bond acceptors (Lipinski definition) is 5. The van der Waals surface area contributed by atoms with Crippen LogP contribution in [0.3, 0.4) is 0 Å². The van der Waals surface area contributed by atoms with Crippen molar-refractivity contribution in [3.05, 3.63) is 6.67 Å². The third-order valence-electron chi connectivity index (χ3n) is 6.05. The lowest BCUT2D eigenvalue weighted by atomic mass is 9.92. The minimum absolute atomic E-state index is 0.862. The SMILES string of the molecule is CC1CC(C)CN(CCN2[C]N(CCCN3CCN(C)CC3)CC2)C1. The molecule has 144 valence electrons. The third kappa shape index (κ3) is 6.47. The standard InChI is InChI=1S/C20H39N5/c1-19-15-20(2)17-25(16-19)14-13-24-12-11-23(18-24)6-4-5-22-9-7-21(3)8-10-22/h19-20H,4-17H2,1-3H3. The third-order valence-corrected chi connectivity index (χ3v) is 6.05. The highest BCUT2D eigenvalue weighted by Gasteiger charge is 2.25. The van der Waals surface area contributed by atoms with E-state index in [2.05, 4.69) is 52.1 Å². The van der Waals surface area contributed by atoms with Crippen LogP contribution < -0.4 is 0 Å². The van der Waals surface area contributed by atoms with E-state index in [1.54, 1.807) is 0 Å². The molecule has 3 heterocycles. The normalized spacial score (nSPS) is 31.8. The van der Waals surface area contributed by atoms with Crippen molar-refractivity contribution >= 4 is 0 Å². The molecule has 3 aliphatic heterocycles. The van der Waals surface area contributed by atoms with Gasteiger partial charge in [-0.15, -0.1) is 0 Å². The molecule has 3 saturated heterocycles. The van der Waals surface area contributed by atoms with Gasteiger partial charge in [0.05, 0.1) is 0 Å². The summed E-state index contributed by atoms with van der Waals surface area (Å²) >= 11 is 0. The monoisotopic (exact) mass is 349 g/mol. The van der Waals surface area contributed by atoms with Crippen LogP contribution in [-0.4, -0.2) is 110 Å². The molecule has 0 amide bonds. The summed E-state index contributed by atoms with van der Waals surface area (Å²) in [5.41, 5.74) is 0. The quantitative estimate of drug-likeness (QED) is 0.685. The summed E-state index contributed by atoms with van der Waals surface area (Å²) < 4.78 is 0. The van der Waals surface area contributed by atoms with Crippen LogP contribution in [0.5, 0.6) is 0 Å². The molecule has 0 bridgehead atoms. The fourth-order valence-corrected chi connectivity index (χ4v) is 4.66. The van der Waals surface area contributed by atoms with Crippen molar-refractivity contribution < 1.29 is 0 Å². The first-order chi connectivity index (χ1) is 12.1. The summed E-state index contributed by atoms with van der Waals surface area (Å²) in [4.78, 5) is 12.5. The average molecular weight is 350 g/mol. The molecule has 0 spiro atoms. The van der Waals surface area contributed by atoms with Crippen molar-refractivity contribution in [1.82, 2.24) is 24.5 Å². The highest BCUT2D eigenvalue weighted by molar-refractivity contribution is 4.83. The molecule has 3 fully saturated rings. The highest BCUT2D eigenvalue weighted by atomic mass is 15.4. The summed E-state index contributed by atoms with van der Waals surface area (Å²) in [6, 6.07) is 0. The number of piperidine rings is 1. The van der Waals surface area contributed by atoms with Gasteiger partial charge in [-0.05, 0) is 38.3 Å². The Morgan fingerprint density at radius 2 is 1.36 bits per heavy atom. The molecule has 2 radical (unpaired) electrons. The van der Waals surface area contributed by atoms with Crippen molar-refractivity contribution in [3.8, 4) is 0 Å². The number of nitrogens with zero attached hydrogens (tertiary/aromatic N) is 5. The zero-order valence-electron chi connectivity index (χ0n) is 16.8. The maximum atomic E-state index is 3.61. The van der Waals surface area contributed by atoms with Crippen molar-refractivity contribution in [2.75, 3.05) is 85.6 Å². The summed E-state index contributed by atoms with van der Waals surface area (Å²) in [6.07, 6.45) is 2.67. The Morgan fingerprint density at radius 1 is 0.720 bits per heavy atom. The van der Waals surface area contributed by atoms with Gasteiger partial charge in [0.2, 0.25) is 0 Å². The molecule has 5 heteroatoms. The second-order valence-corrected chi connectivity index (χ2v) is 8.78. The molecule has 0 aromatic heterocycles. The molecular weight excluding hydrogens is 310 g/mol. The van der Waals surface area contributed by atoms with Gasteiger partial charge in [0, 0.05) is 72.0 Å². The molecule has 3 aliphatic rings. The fourth-order valence-electron chi connectivity index (χ4n) is 4.66. The summed E-state index contributed by atoms with van der Waals surface area (Å²) in [6.45, 7) is 23.0. The van der Waals surface area contributed by atoms with Gasteiger partial charge in [-0.2, -0.15) is 0 Å². The zero-order valence-corrected chi connectivity index (χ0v) is 16.8. The lowest BCUT2D eigenvalue weighted by molar-refractivity contribution is 0.129. The molecule has 0 aromatic carbocycles. The predicted octanol–water partition coefficient (Wildman–Crippen LogP) is 1.22. The molecule has 5 nitrogen and oxygen atoms in total. The number of likely N-dealkylation sites (N-methyl/N-ethyl adjacent to an activating group) is 1. The molecule has 3 rings (SSSR count). The van der Waals surface area contributed by atoms with Gasteiger partial charge in [0.25, 0.3) is 0 Å². The first-order valence-corrected chi connectivity index (χ1v) is 10.5. The van der Waals surface area contributed by atoms with Crippen LogP contribution in [0.25, 0.3) is 0 Å². The molecule has 0 aliphatic carbocycles. The van der Waals surface area contributed by atoms with E-state index in [0.29, 0.717) is 0 Å². The Hall–Kier alpha value is -0.200. The highest BCUT2D eigenvalue weighted by Crippen LogP contribution is 2.21. The van der Waals surface area contributed by atoms with Gasteiger partial charge in [-0.25, -0.2) is 0 Å². The van der Waals surface area contributed by atoms with E-state index in [9.17, 15) is 0 Å². The van der Waals surface area contributed by atoms with Crippen LogP contribution in [0.4, 0.5) is 0 Å². The lowest BCUT2D eigenvalue weighted by Gasteiger charge is -2.35.